The summed E-state index contributed by atoms with van der Waals surface area (Å²) in [6, 6.07) is 0.887. The van der Waals surface area contributed by atoms with Crippen molar-refractivity contribution in [2.45, 2.75) is 65.3 Å². The third-order valence-electron chi connectivity index (χ3n) is 6.40. The molecule has 6 rings (SSSR count). The third kappa shape index (κ3) is 3.21. The van der Waals surface area contributed by atoms with E-state index in [1.165, 1.54) is 12.8 Å². The second-order valence-corrected chi connectivity index (χ2v) is 8.51. The van der Waals surface area contributed by atoms with E-state index in [4.69, 9.17) is 14.7 Å². The van der Waals surface area contributed by atoms with Crippen LogP contribution in [-0.2, 0) is 4.74 Å². The number of ether oxygens (including phenoxy) is 1. The molecular weight excluding hydrogens is 380 g/mol. The second-order valence-electron chi connectivity index (χ2n) is 8.51. The fourth-order valence-corrected chi connectivity index (χ4v) is 4.49. The number of anilines is 2. The zero-order chi connectivity index (χ0) is 20.8. The summed E-state index contributed by atoms with van der Waals surface area (Å²) in [5, 5.41) is 12.5. The number of fused-ring (bicyclic) bond motifs is 2. The van der Waals surface area contributed by atoms with Crippen LogP contribution in [0.5, 0.6) is 0 Å². The van der Waals surface area contributed by atoms with E-state index in [2.05, 4.69) is 34.3 Å². The lowest BCUT2D eigenvalue weighted by Crippen LogP contribution is -2.29. The van der Waals surface area contributed by atoms with Crippen LogP contribution in [0.15, 0.2) is 18.7 Å². The largest absolute Gasteiger partial charge is 0.363 e. The Kier molecular flexibility index (Phi) is 4.85. The molecule has 30 heavy (non-hydrogen) atoms. The minimum atomic E-state index is -0.116. The van der Waals surface area contributed by atoms with Crippen molar-refractivity contribution in [3.05, 3.63) is 18.7 Å². The summed E-state index contributed by atoms with van der Waals surface area (Å²) in [5.41, 5.74) is 3.80. The molecule has 0 radical (unpaired) electrons. The van der Waals surface area contributed by atoms with Gasteiger partial charge >= 0.3 is 0 Å². The Labute approximate surface area is 176 Å². The predicted octanol–water partition coefficient (Wildman–Crippen LogP) is 3.35. The van der Waals surface area contributed by atoms with Gasteiger partial charge in [0.2, 0.25) is 5.95 Å². The molecule has 2 aliphatic heterocycles. The van der Waals surface area contributed by atoms with Gasteiger partial charge in [0.1, 0.15) is 23.9 Å². The van der Waals surface area contributed by atoms with Crippen LogP contribution in [0, 0.1) is 5.92 Å². The van der Waals surface area contributed by atoms with Gasteiger partial charge in [-0.2, -0.15) is 14.6 Å². The van der Waals surface area contributed by atoms with Gasteiger partial charge in [-0.15, -0.1) is 5.10 Å². The minimum Gasteiger partial charge on any atom is -0.363 e. The fourth-order valence-electron chi connectivity index (χ4n) is 4.49. The van der Waals surface area contributed by atoms with Crippen LogP contribution >= 0.6 is 0 Å². The molecule has 3 fully saturated rings. The smallest absolute Gasteiger partial charge is 0.243 e. The highest BCUT2D eigenvalue weighted by atomic mass is 16.5. The predicted molar refractivity (Wildman–Crippen MR) is 116 cm³/mol. The second kappa shape index (κ2) is 7.54. The molecule has 0 amide bonds. The van der Waals surface area contributed by atoms with E-state index in [9.17, 15) is 0 Å². The molecule has 2 saturated heterocycles. The van der Waals surface area contributed by atoms with Crippen LogP contribution in [0.25, 0.3) is 16.9 Å². The molecule has 1 unspecified atom stereocenters. The van der Waals surface area contributed by atoms with Crippen molar-refractivity contribution in [2.75, 3.05) is 23.4 Å². The summed E-state index contributed by atoms with van der Waals surface area (Å²) < 4.78 is 9.33. The Bertz CT molecular complexity index is 1040. The standard InChI is InChI=1S/C21H30N8O/c1-5-13(3)24-21-25-20-19(27-10-15-7-17(27)8-15)18(22-12-29(20)26-21)16-9-23-28(11-16)14(4)30-6-2/h9,11-15,17H,5-8,10H2,1-4H3,(H,24,26)/t13-,14?,15?,17?/m1/s1. The molecule has 3 aromatic heterocycles. The van der Waals surface area contributed by atoms with Crippen LogP contribution < -0.4 is 10.2 Å². The van der Waals surface area contributed by atoms with Crippen LogP contribution in [0.4, 0.5) is 11.6 Å². The summed E-state index contributed by atoms with van der Waals surface area (Å²) >= 11 is 0. The Morgan fingerprint density at radius 2 is 2.10 bits per heavy atom. The normalized spacial score (nSPS) is 22.3. The Morgan fingerprint density at radius 1 is 1.27 bits per heavy atom. The number of nitrogens with one attached hydrogen (secondary N) is 1. The van der Waals surface area contributed by atoms with E-state index >= 15 is 0 Å². The first kappa shape index (κ1) is 19.3. The first-order valence-electron chi connectivity index (χ1n) is 11.0. The maximum atomic E-state index is 5.69. The van der Waals surface area contributed by atoms with Crippen molar-refractivity contribution in [1.29, 1.82) is 0 Å². The zero-order valence-electron chi connectivity index (χ0n) is 18.1. The van der Waals surface area contributed by atoms with Crippen molar-refractivity contribution in [1.82, 2.24) is 29.4 Å². The number of rotatable bonds is 8. The molecular formula is C21H30N8O. The van der Waals surface area contributed by atoms with Crippen LogP contribution in [0.2, 0.25) is 0 Å². The lowest BCUT2D eigenvalue weighted by atomic mass is 9.86. The molecule has 1 N–H and O–H groups in total. The van der Waals surface area contributed by atoms with Crippen molar-refractivity contribution < 1.29 is 4.74 Å². The molecule has 2 atom stereocenters. The van der Waals surface area contributed by atoms with Gasteiger partial charge in [0.05, 0.1) is 6.20 Å². The number of hydrogen-bond acceptors (Lipinski definition) is 7. The number of hydrogen-bond donors (Lipinski definition) is 1. The highest BCUT2D eigenvalue weighted by Gasteiger charge is 2.44. The van der Waals surface area contributed by atoms with E-state index in [1.54, 1.807) is 10.8 Å². The van der Waals surface area contributed by atoms with Gasteiger partial charge in [-0.25, -0.2) is 9.67 Å². The van der Waals surface area contributed by atoms with Crippen molar-refractivity contribution >= 4 is 17.3 Å². The SMILES string of the molecule is CCOC(C)n1cc(-c2ncn3nc(N[C@H](C)CC)nc3c2N2CC3CC2C3)cn1. The maximum absolute atomic E-state index is 5.69. The van der Waals surface area contributed by atoms with E-state index in [1.807, 2.05) is 30.9 Å². The van der Waals surface area contributed by atoms with E-state index in [0.717, 1.165) is 41.5 Å². The Balaban J connectivity index is 1.59. The first-order valence-corrected chi connectivity index (χ1v) is 11.0. The maximum Gasteiger partial charge on any atom is 0.243 e. The molecule has 2 bridgehead atoms. The van der Waals surface area contributed by atoms with Crippen molar-refractivity contribution in [2.24, 2.45) is 5.92 Å². The lowest BCUT2D eigenvalue weighted by molar-refractivity contribution is 0.0160. The molecule has 0 aromatic carbocycles. The van der Waals surface area contributed by atoms with Gasteiger partial charge in [0.25, 0.3) is 0 Å². The fraction of sp³-hybridized carbons (Fsp3) is 0.619. The van der Waals surface area contributed by atoms with Crippen LogP contribution in [0.1, 0.15) is 53.2 Å². The van der Waals surface area contributed by atoms with Gasteiger partial charge in [0, 0.05) is 37.0 Å². The highest BCUT2D eigenvalue weighted by Crippen LogP contribution is 2.46. The molecule has 1 aliphatic carbocycles. The lowest BCUT2D eigenvalue weighted by Gasteiger charge is -2.28. The number of nitrogens with zero attached hydrogens (tertiary/aromatic N) is 7. The van der Waals surface area contributed by atoms with Gasteiger partial charge in [-0.1, -0.05) is 6.92 Å². The monoisotopic (exact) mass is 410 g/mol. The van der Waals surface area contributed by atoms with Crippen LogP contribution in [0.3, 0.4) is 0 Å². The molecule has 1 saturated carbocycles. The minimum absolute atomic E-state index is 0.116. The average Bonchev–Trinajstić information content (AvgIpc) is 3.47. The van der Waals surface area contributed by atoms with E-state index in [-0.39, 0.29) is 6.23 Å². The Hall–Kier alpha value is -2.68. The molecule has 0 spiro atoms. The molecule has 3 aromatic rings. The molecule has 9 nitrogen and oxygen atoms in total. The quantitative estimate of drug-likeness (QED) is 0.609. The van der Waals surface area contributed by atoms with Gasteiger partial charge in [-0.3, -0.25) is 0 Å². The molecule has 160 valence electrons. The van der Waals surface area contributed by atoms with Gasteiger partial charge < -0.3 is 15.0 Å². The van der Waals surface area contributed by atoms with Crippen molar-refractivity contribution in [3.8, 4) is 11.3 Å². The summed E-state index contributed by atoms with van der Waals surface area (Å²) in [7, 11) is 0. The molecule has 5 heterocycles. The Morgan fingerprint density at radius 3 is 2.80 bits per heavy atom. The first-order chi connectivity index (χ1) is 14.6. The highest BCUT2D eigenvalue weighted by molar-refractivity contribution is 5.86. The third-order valence-corrected chi connectivity index (χ3v) is 6.40. The molecule has 3 aliphatic rings. The van der Waals surface area contributed by atoms with Crippen LogP contribution in [-0.4, -0.2) is 54.6 Å². The summed E-state index contributed by atoms with van der Waals surface area (Å²) in [6.07, 6.45) is 9.05. The summed E-state index contributed by atoms with van der Waals surface area (Å²) in [4.78, 5) is 12.1. The zero-order valence-corrected chi connectivity index (χ0v) is 18.1. The summed E-state index contributed by atoms with van der Waals surface area (Å²) in [6.45, 7) is 9.98. The van der Waals surface area contributed by atoms with Gasteiger partial charge in [-0.05, 0) is 46.0 Å². The average molecular weight is 411 g/mol. The van der Waals surface area contributed by atoms with E-state index < -0.39 is 0 Å². The number of aromatic nitrogens is 6. The molecule has 9 heteroatoms. The van der Waals surface area contributed by atoms with E-state index in [0.29, 0.717) is 24.6 Å². The topological polar surface area (TPSA) is 85.4 Å². The van der Waals surface area contributed by atoms with Crippen molar-refractivity contribution in [3.63, 3.8) is 0 Å². The summed E-state index contributed by atoms with van der Waals surface area (Å²) in [5.74, 6) is 1.43. The van der Waals surface area contributed by atoms with Gasteiger partial charge in [0.15, 0.2) is 5.65 Å².